The maximum atomic E-state index is 14.1. The van der Waals surface area contributed by atoms with Crippen LogP contribution in [0.5, 0.6) is 17.2 Å². The Morgan fingerprint density at radius 2 is 1.79 bits per heavy atom. The number of benzene rings is 3. The Hall–Kier alpha value is -5.73. The molecule has 1 amide bonds. The summed E-state index contributed by atoms with van der Waals surface area (Å²) < 4.78 is 69.6. The zero-order chi connectivity index (χ0) is 46.4. The number of nitrogens with zero attached hydrogens (tertiary/aromatic N) is 4. The van der Waals surface area contributed by atoms with E-state index in [9.17, 15) is 31.7 Å². The average Bonchev–Trinajstić information content (AvgIpc) is 4.09. The number of sulfonamides is 2. The number of aromatic amines is 1. The summed E-state index contributed by atoms with van der Waals surface area (Å²) in [5.74, 6) is -0.777. The zero-order valence-electron chi connectivity index (χ0n) is 36.5. The van der Waals surface area contributed by atoms with Gasteiger partial charge in [-0.05, 0) is 85.1 Å². The Morgan fingerprint density at radius 3 is 2.53 bits per heavy atom. The molecule has 0 bridgehead atoms. The van der Waals surface area contributed by atoms with Crippen molar-refractivity contribution in [2.24, 2.45) is 5.41 Å². The lowest BCUT2D eigenvalue weighted by molar-refractivity contribution is -0.384. The predicted molar refractivity (Wildman–Crippen MR) is 252 cm³/mol. The number of hydrogen-bond acceptors (Lipinski definition) is 13. The maximum Gasteiger partial charge on any atom is 0.297 e. The minimum Gasteiger partial charge on any atom is -0.491 e. The van der Waals surface area contributed by atoms with Crippen molar-refractivity contribution in [1.82, 2.24) is 24.3 Å². The number of pyridine rings is 1. The number of aromatic nitrogens is 2. The van der Waals surface area contributed by atoms with E-state index in [-0.39, 0.29) is 47.7 Å². The fraction of sp³-hybridized carbons (Fsp3) is 0.391. The monoisotopic (exact) mass is 958 g/mol. The van der Waals surface area contributed by atoms with Crippen LogP contribution < -0.4 is 29.1 Å². The quantitative estimate of drug-likeness (QED) is 0.0628. The van der Waals surface area contributed by atoms with E-state index in [1.165, 1.54) is 29.0 Å². The number of nitro groups is 1. The lowest BCUT2D eigenvalue weighted by Crippen LogP contribution is -2.47. The first-order valence-electron chi connectivity index (χ1n) is 22.0. The van der Waals surface area contributed by atoms with E-state index in [0.29, 0.717) is 42.4 Å². The van der Waals surface area contributed by atoms with E-state index in [0.717, 1.165) is 62.1 Å². The van der Waals surface area contributed by atoms with Gasteiger partial charge in [0.05, 0.1) is 33.4 Å². The number of fused-ring (bicyclic) bond motifs is 2. The van der Waals surface area contributed by atoms with Crippen molar-refractivity contribution >= 4 is 71.2 Å². The highest BCUT2D eigenvalue weighted by Gasteiger charge is 2.37. The second-order valence-corrected chi connectivity index (χ2v) is 22.3. The number of ether oxygens (including phenoxy) is 2. The van der Waals surface area contributed by atoms with Crippen LogP contribution in [0.1, 0.15) is 68.3 Å². The zero-order valence-corrected chi connectivity index (χ0v) is 38.9. The average molecular weight is 960 g/mol. The first-order chi connectivity index (χ1) is 31.5. The van der Waals surface area contributed by atoms with Crippen molar-refractivity contribution in [3.8, 4) is 17.2 Å². The molecule has 1 saturated carbocycles. The van der Waals surface area contributed by atoms with Gasteiger partial charge in [-0.2, -0.15) is 0 Å². The van der Waals surface area contributed by atoms with E-state index in [1.807, 2.05) is 18.2 Å². The van der Waals surface area contributed by atoms with E-state index >= 15 is 0 Å². The summed E-state index contributed by atoms with van der Waals surface area (Å²) in [6.07, 6.45) is 7.79. The van der Waals surface area contributed by atoms with Crippen LogP contribution in [-0.2, 0) is 20.0 Å². The fourth-order valence-electron chi connectivity index (χ4n) is 8.80. The standard InChI is InChI=1S/C46H51ClN8O9S2/c1-46(2)14-11-31(39(25-46)29-3-5-32(47)6-4-29)28-53-16-18-54(19-17-53)34-7-10-38(41(22-34)64-35-21-30-12-15-48-44(30)49-27-35)45(56)52-66(61,62)37-23-40(55(57)58)43-42(24-37)63-20-13-33(51-43)26-50-65(59,60)36-8-9-36/h3-7,10,12,15,21-24,27,33,36,50-51H,8-9,11,13-14,16-20,25-26,28H2,1-2H3,(H,48,49)(H,52,56)/t33-/m0/s1. The molecule has 348 valence electrons. The third-order valence-electron chi connectivity index (χ3n) is 12.7. The second-order valence-electron chi connectivity index (χ2n) is 18.1. The van der Waals surface area contributed by atoms with Crippen molar-refractivity contribution in [3.05, 3.63) is 111 Å². The van der Waals surface area contributed by atoms with Gasteiger partial charge in [-0.25, -0.2) is 31.3 Å². The van der Waals surface area contributed by atoms with Crippen molar-refractivity contribution in [2.45, 2.75) is 68.6 Å². The van der Waals surface area contributed by atoms with Crippen LogP contribution in [0, 0.1) is 15.5 Å². The number of carbonyl (C=O) groups is 1. The summed E-state index contributed by atoms with van der Waals surface area (Å²) in [5, 5.41) is 16.4. The van der Waals surface area contributed by atoms with Crippen LogP contribution in [-0.4, -0.2) is 99.7 Å². The molecule has 1 atom stereocenters. The van der Waals surface area contributed by atoms with Gasteiger partial charge in [0, 0.05) is 92.2 Å². The molecule has 20 heteroatoms. The van der Waals surface area contributed by atoms with Crippen molar-refractivity contribution < 1.29 is 36.0 Å². The minimum atomic E-state index is -4.75. The van der Waals surface area contributed by atoms with Crippen LogP contribution in [0.15, 0.2) is 89.6 Å². The van der Waals surface area contributed by atoms with Crippen LogP contribution in [0.25, 0.3) is 16.6 Å². The van der Waals surface area contributed by atoms with Crippen molar-refractivity contribution in [3.63, 3.8) is 0 Å². The Morgan fingerprint density at radius 1 is 1.02 bits per heavy atom. The molecule has 9 rings (SSSR count). The van der Waals surface area contributed by atoms with E-state index in [1.54, 1.807) is 24.4 Å². The number of nitro benzene ring substituents is 1. The molecule has 66 heavy (non-hydrogen) atoms. The minimum absolute atomic E-state index is 0.0101. The SMILES string of the molecule is CC1(C)CCC(CN2CCN(c3ccc(C(=O)NS(=O)(=O)c4cc5c(c([N+](=O)[O-])c4)N[C@H](CNS(=O)(=O)C4CC4)CCO5)c(Oc4cnc5[nH]ccc5c4)c3)CC2)=C(c2ccc(Cl)cc2)C1. The number of carbonyl (C=O) groups excluding carboxylic acids is 1. The van der Waals surface area contributed by atoms with Gasteiger partial charge in [0.25, 0.3) is 21.6 Å². The lowest BCUT2D eigenvalue weighted by Gasteiger charge is -2.39. The Balaban J connectivity index is 0.941. The summed E-state index contributed by atoms with van der Waals surface area (Å²) in [6, 6.07) is 18.0. The van der Waals surface area contributed by atoms with E-state index in [4.69, 9.17) is 21.1 Å². The van der Waals surface area contributed by atoms with Crippen molar-refractivity contribution in [1.29, 1.82) is 0 Å². The van der Waals surface area contributed by atoms with Crippen LogP contribution in [0.3, 0.4) is 0 Å². The molecule has 17 nitrogen and oxygen atoms in total. The van der Waals surface area contributed by atoms with E-state index < -0.39 is 52.8 Å². The molecule has 0 radical (unpaired) electrons. The van der Waals surface area contributed by atoms with Gasteiger partial charge in [0.1, 0.15) is 17.1 Å². The normalized spacial score (nSPS) is 19.1. The molecule has 2 aliphatic heterocycles. The highest BCUT2D eigenvalue weighted by Crippen LogP contribution is 2.44. The predicted octanol–water partition coefficient (Wildman–Crippen LogP) is 7.47. The third-order valence-corrected chi connectivity index (χ3v) is 16.2. The van der Waals surface area contributed by atoms with Gasteiger partial charge in [-0.3, -0.25) is 19.8 Å². The fourth-order valence-corrected chi connectivity index (χ4v) is 11.4. The summed E-state index contributed by atoms with van der Waals surface area (Å²) >= 11 is 6.24. The smallest absolute Gasteiger partial charge is 0.297 e. The molecule has 5 aromatic rings. The molecule has 2 fully saturated rings. The first-order valence-corrected chi connectivity index (χ1v) is 25.4. The molecular weight excluding hydrogens is 908 g/mol. The summed E-state index contributed by atoms with van der Waals surface area (Å²) in [4.78, 5) is 37.2. The molecule has 4 aliphatic rings. The topological polar surface area (TPSA) is 218 Å². The van der Waals surface area contributed by atoms with Crippen LogP contribution in [0.4, 0.5) is 17.1 Å². The summed E-state index contributed by atoms with van der Waals surface area (Å²) in [6.45, 7) is 8.42. The first kappa shape index (κ1) is 45.4. The maximum absolute atomic E-state index is 14.1. The Labute approximate surface area is 388 Å². The highest BCUT2D eigenvalue weighted by atomic mass is 35.5. The summed E-state index contributed by atoms with van der Waals surface area (Å²) in [5.41, 5.74) is 4.83. The van der Waals surface area contributed by atoms with Gasteiger partial charge in [-0.1, -0.05) is 43.2 Å². The number of H-pyrrole nitrogens is 1. The molecule has 2 aliphatic carbocycles. The molecule has 0 unspecified atom stereocenters. The van der Waals surface area contributed by atoms with Gasteiger partial charge in [0.15, 0.2) is 11.4 Å². The lowest BCUT2D eigenvalue weighted by atomic mass is 9.72. The molecule has 2 aromatic heterocycles. The molecular formula is C46H51ClN8O9S2. The summed E-state index contributed by atoms with van der Waals surface area (Å²) in [7, 11) is -8.27. The number of rotatable bonds is 14. The third kappa shape index (κ3) is 10.1. The van der Waals surface area contributed by atoms with Gasteiger partial charge in [0.2, 0.25) is 10.0 Å². The number of hydrogen-bond donors (Lipinski definition) is 4. The Kier molecular flexibility index (Phi) is 12.5. The number of nitrogens with one attached hydrogen (secondary N) is 4. The highest BCUT2D eigenvalue weighted by molar-refractivity contribution is 7.90. The van der Waals surface area contributed by atoms with Gasteiger partial charge < -0.3 is 24.7 Å². The van der Waals surface area contributed by atoms with Gasteiger partial charge >= 0.3 is 0 Å². The number of anilines is 2. The Bertz CT molecular complexity index is 2950. The molecule has 3 aromatic carbocycles. The van der Waals surface area contributed by atoms with Gasteiger partial charge in [-0.15, -0.1) is 0 Å². The molecule has 4 heterocycles. The second kappa shape index (κ2) is 18.2. The number of amides is 1. The van der Waals surface area contributed by atoms with Crippen molar-refractivity contribution in [2.75, 3.05) is 56.1 Å². The largest absolute Gasteiger partial charge is 0.491 e. The molecule has 1 saturated heterocycles. The number of allylic oxidation sites excluding steroid dienone is 1. The molecule has 0 spiro atoms. The van der Waals surface area contributed by atoms with E-state index in [2.05, 4.69) is 60.5 Å². The van der Waals surface area contributed by atoms with Crippen LogP contribution >= 0.6 is 11.6 Å². The van der Waals surface area contributed by atoms with Crippen LogP contribution in [0.2, 0.25) is 5.02 Å². The number of halogens is 1. The molecule has 4 N–H and O–H groups in total. The number of piperazine rings is 1.